The molecule has 104 valence electrons. The van der Waals surface area contributed by atoms with Gasteiger partial charge in [-0.15, -0.1) is 0 Å². The Hall–Kier alpha value is -1.80. The SMILES string of the molecule is Cc1c(S(=O)(=O)NC(C)c2ccco2)c(N)nn1C. The van der Waals surface area contributed by atoms with Gasteiger partial charge in [0.2, 0.25) is 10.0 Å². The van der Waals surface area contributed by atoms with Crippen LogP contribution in [0.3, 0.4) is 0 Å². The Morgan fingerprint density at radius 2 is 2.21 bits per heavy atom. The second kappa shape index (κ2) is 4.71. The van der Waals surface area contributed by atoms with Gasteiger partial charge in [-0.2, -0.15) is 5.10 Å². The number of furan rings is 1. The first-order valence-corrected chi connectivity index (χ1v) is 7.16. The first-order valence-electron chi connectivity index (χ1n) is 5.67. The molecule has 8 heteroatoms. The summed E-state index contributed by atoms with van der Waals surface area (Å²) in [5.74, 6) is 0.517. The minimum atomic E-state index is -3.74. The molecular formula is C11H16N4O3S. The molecule has 2 aromatic heterocycles. The van der Waals surface area contributed by atoms with Crippen molar-refractivity contribution in [2.24, 2.45) is 7.05 Å². The van der Waals surface area contributed by atoms with Gasteiger partial charge in [0.05, 0.1) is 18.0 Å². The van der Waals surface area contributed by atoms with Crippen molar-refractivity contribution in [1.29, 1.82) is 0 Å². The number of hydrogen-bond acceptors (Lipinski definition) is 5. The molecule has 0 radical (unpaired) electrons. The van der Waals surface area contributed by atoms with Crippen LogP contribution in [0.2, 0.25) is 0 Å². The molecule has 0 aliphatic heterocycles. The summed E-state index contributed by atoms with van der Waals surface area (Å²) in [4.78, 5) is 0.00778. The molecule has 0 bridgehead atoms. The van der Waals surface area contributed by atoms with Crippen molar-refractivity contribution < 1.29 is 12.8 Å². The zero-order valence-electron chi connectivity index (χ0n) is 10.9. The van der Waals surface area contributed by atoms with Crippen LogP contribution in [-0.4, -0.2) is 18.2 Å². The third-order valence-corrected chi connectivity index (χ3v) is 4.58. The van der Waals surface area contributed by atoms with E-state index in [-0.39, 0.29) is 10.7 Å². The number of nitrogen functional groups attached to an aromatic ring is 1. The van der Waals surface area contributed by atoms with E-state index >= 15 is 0 Å². The van der Waals surface area contributed by atoms with Crippen molar-refractivity contribution in [1.82, 2.24) is 14.5 Å². The summed E-state index contributed by atoms with van der Waals surface area (Å²) in [5.41, 5.74) is 6.13. The van der Waals surface area contributed by atoms with Gasteiger partial charge in [0, 0.05) is 7.05 Å². The minimum absolute atomic E-state index is 0.00778. The van der Waals surface area contributed by atoms with E-state index in [0.717, 1.165) is 0 Å². The molecule has 0 saturated heterocycles. The molecule has 2 heterocycles. The van der Waals surface area contributed by atoms with Crippen LogP contribution in [-0.2, 0) is 17.1 Å². The van der Waals surface area contributed by atoms with Gasteiger partial charge < -0.3 is 10.2 Å². The molecular weight excluding hydrogens is 268 g/mol. The molecule has 2 aromatic rings. The molecule has 0 spiro atoms. The van der Waals surface area contributed by atoms with Crippen LogP contribution in [0, 0.1) is 6.92 Å². The second-order valence-electron chi connectivity index (χ2n) is 4.28. The summed E-state index contributed by atoms with van der Waals surface area (Å²) < 4.78 is 33.7. The van der Waals surface area contributed by atoms with Crippen molar-refractivity contribution in [2.75, 3.05) is 5.73 Å². The fourth-order valence-electron chi connectivity index (χ4n) is 1.83. The number of nitrogens with two attached hydrogens (primary N) is 1. The first-order chi connectivity index (χ1) is 8.83. The Kier molecular flexibility index (Phi) is 3.38. The second-order valence-corrected chi connectivity index (χ2v) is 5.93. The third-order valence-electron chi connectivity index (χ3n) is 2.88. The maximum atomic E-state index is 12.3. The number of nitrogens with zero attached hydrogens (tertiary/aromatic N) is 2. The van der Waals surface area contributed by atoms with Crippen molar-refractivity contribution >= 4 is 15.8 Å². The predicted octanol–water partition coefficient (Wildman–Crippen LogP) is 0.943. The van der Waals surface area contributed by atoms with Crippen molar-refractivity contribution in [3.8, 4) is 0 Å². The first kappa shape index (κ1) is 13.6. The van der Waals surface area contributed by atoms with Crippen LogP contribution in [0.5, 0.6) is 0 Å². The van der Waals surface area contributed by atoms with Crippen LogP contribution in [0.4, 0.5) is 5.82 Å². The Morgan fingerprint density at radius 3 is 2.68 bits per heavy atom. The molecule has 0 amide bonds. The number of rotatable bonds is 4. The van der Waals surface area contributed by atoms with Crippen LogP contribution < -0.4 is 10.5 Å². The molecule has 3 N–H and O–H groups in total. The number of aryl methyl sites for hydroxylation is 1. The fourth-order valence-corrected chi connectivity index (χ4v) is 3.37. The van der Waals surface area contributed by atoms with E-state index in [1.54, 1.807) is 33.0 Å². The lowest BCUT2D eigenvalue weighted by Crippen LogP contribution is -2.27. The van der Waals surface area contributed by atoms with Crippen molar-refractivity contribution in [2.45, 2.75) is 24.8 Å². The summed E-state index contributed by atoms with van der Waals surface area (Å²) in [6, 6.07) is 2.91. The van der Waals surface area contributed by atoms with Crippen molar-refractivity contribution in [3.05, 3.63) is 29.9 Å². The lowest BCUT2D eigenvalue weighted by molar-refractivity contribution is 0.459. The Labute approximate surface area is 111 Å². The van der Waals surface area contributed by atoms with E-state index in [1.165, 1.54) is 10.9 Å². The van der Waals surface area contributed by atoms with Crippen molar-refractivity contribution in [3.63, 3.8) is 0 Å². The molecule has 7 nitrogen and oxygen atoms in total. The Bertz CT molecular complexity index is 673. The van der Waals surface area contributed by atoms with Crippen LogP contribution in [0.15, 0.2) is 27.7 Å². The van der Waals surface area contributed by atoms with Crippen LogP contribution >= 0.6 is 0 Å². The maximum Gasteiger partial charge on any atom is 0.246 e. The van der Waals surface area contributed by atoms with Gasteiger partial charge in [0.1, 0.15) is 10.7 Å². The average Bonchev–Trinajstić information content (AvgIpc) is 2.87. The van der Waals surface area contributed by atoms with E-state index < -0.39 is 16.1 Å². The van der Waals surface area contributed by atoms with Gasteiger partial charge in [-0.3, -0.25) is 4.68 Å². The topological polar surface area (TPSA) is 103 Å². The van der Waals surface area contributed by atoms with Gasteiger partial charge in [-0.25, -0.2) is 13.1 Å². The maximum absolute atomic E-state index is 12.3. The fraction of sp³-hybridized carbons (Fsp3) is 0.364. The highest BCUT2D eigenvalue weighted by Gasteiger charge is 2.27. The number of anilines is 1. The standard InChI is InChI=1S/C11H16N4O3S/c1-7(9-5-4-6-18-9)14-19(16,17)10-8(2)15(3)13-11(10)12/h4-7,14H,1-3H3,(H2,12,13). The summed E-state index contributed by atoms with van der Waals surface area (Å²) >= 11 is 0. The number of nitrogens with one attached hydrogen (secondary N) is 1. The Morgan fingerprint density at radius 1 is 1.53 bits per heavy atom. The van der Waals surface area contributed by atoms with E-state index in [4.69, 9.17) is 10.2 Å². The molecule has 0 aromatic carbocycles. The molecule has 1 atom stereocenters. The van der Waals surface area contributed by atoms with Gasteiger partial charge in [-0.05, 0) is 26.0 Å². The normalized spacial score (nSPS) is 13.6. The van der Waals surface area contributed by atoms with Gasteiger partial charge in [0.15, 0.2) is 5.82 Å². The number of sulfonamides is 1. The molecule has 0 aliphatic rings. The van der Waals surface area contributed by atoms with Gasteiger partial charge >= 0.3 is 0 Å². The minimum Gasteiger partial charge on any atom is -0.468 e. The predicted molar refractivity (Wildman–Crippen MR) is 69.8 cm³/mol. The molecule has 0 saturated carbocycles. The van der Waals surface area contributed by atoms with E-state index in [9.17, 15) is 8.42 Å². The molecule has 2 rings (SSSR count). The zero-order chi connectivity index (χ0) is 14.2. The smallest absolute Gasteiger partial charge is 0.246 e. The Balaban J connectivity index is 2.33. The van der Waals surface area contributed by atoms with E-state index in [2.05, 4.69) is 9.82 Å². The quantitative estimate of drug-likeness (QED) is 0.869. The highest BCUT2D eigenvalue weighted by molar-refractivity contribution is 7.89. The highest BCUT2D eigenvalue weighted by Crippen LogP contribution is 2.23. The average molecular weight is 284 g/mol. The zero-order valence-corrected chi connectivity index (χ0v) is 11.7. The van der Waals surface area contributed by atoms with Gasteiger partial charge in [-0.1, -0.05) is 0 Å². The lowest BCUT2D eigenvalue weighted by Gasteiger charge is -2.12. The molecule has 19 heavy (non-hydrogen) atoms. The molecule has 0 fully saturated rings. The van der Waals surface area contributed by atoms with Gasteiger partial charge in [0.25, 0.3) is 0 Å². The monoisotopic (exact) mass is 284 g/mol. The highest BCUT2D eigenvalue weighted by atomic mass is 32.2. The summed E-state index contributed by atoms with van der Waals surface area (Å²) in [7, 11) is -2.10. The lowest BCUT2D eigenvalue weighted by atomic mass is 10.3. The summed E-state index contributed by atoms with van der Waals surface area (Å²) in [6.07, 6.45) is 1.49. The molecule has 1 unspecified atom stereocenters. The summed E-state index contributed by atoms with van der Waals surface area (Å²) in [5, 5.41) is 3.90. The summed E-state index contributed by atoms with van der Waals surface area (Å²) in [6.45, 7) is 3.34. The molecule has 0 aliphatic carbocycles. The van der Waals surface area contributed by atoms with E-state index in [1.807, 2.05) is 0 Å². The number of hydrogen-bond donors (Lipinski definition) is 2. The number of aromatic nitrogens is 2. The van der Waals surface area contributed by atoms with Crippen LogP contribution in [0.1, 0.15) is 24.4 Å². The van der Waals surface area contributed by atoms with E-state index in [0.29, 0.717) is 11.5 Å². The van der Waals surface area contributed by atoms with Crippen LogP contribution in [0.25, 0.3) is 0 Å². The third kappa shape index (κ3) is 2.49. The largest absolute Gasteiger partial charge is 0.468 e.